The van der Waals surface area contributed by atoms with Gasteiger partial charge in [-0.2, -0.15) is 5.10 Å². The molecule has 0 aliphatic rings. The number of aromatic nitrogens is 2. The lowest BCUT2D eigenvalue weighted by atomic mass is 10.1. The molecular formula is C13H18ClN3O. The molecule has 0 saturated heterocycles. The Kier molecular flexibility index (Phi) is 4.44. The van der Waals surface area contributed by atoms with Gasteiger partial charge < -0.3 is 9.73 Å². The quantitative estimate of drug-likeness (QED) is 0.874. The fraction of sp³-hybridized carbons (Fsp3) is 0.462. The lowest BCUT2D eigenvalue weighted by Gasteiger charge is -2.18. The molecule has 2 aromatic rings. The molecular weight excluding hydrogens is 250 g/mol. The number of hydrogen-bond donors (Lipinski definition) is 1. The zero-order valence-corrected chi connectivity index (χ0v) is 11.4. The van der Waals surface area contributed by atoms with Crippen molar-refractivity contribution >= 4 is 11.6 Å². The Morgan fingerprint density at radius 3 is 2.94 bits per heavy atom. The summed E-state index contributed by atoms with van der Waals surface area (Å²) < 4.78 is 7.41. The second kappa shape index (κ2) is 6.07. The molecule has 2 rings (SSSR count). The van der Waals surface area contributed by atoms with Gasteiger partial charge in [-0.05, 0) is 32.0 Å². The first kappa shape index (κ1) is 13.2. The summed E-state index contributed by atoms with van der Waals surface area (Å²) in [6.07, 6.45) is 4.41. The molecule has 2 aromatic heterocycles. The molecule has 0 spiro atoms. The minimum atomic E-state index is -0.0464. The zero-order chi connectivity index (χ0) is 13.0. The fourth-order valence-electron chi connectivity index (χ4n) is 1.99. The molecule has 2 heterocycles. The van der Waals surface area contributed by atoms with Gasteiger partial charge in [0.2, 0.25) is 0 Å². The van der Waals surface area contributed by atoms with E-state index in [0.29, 0.717) is 5.02 Å². The number of halogens is 1. The van der Waals surface area contributed by atoms with Gasteiger partial charge in [-0.15, -0.1) is 0 Å². The number of nitrogens with zero attached hydrogens (tertiary/aromatic N) is 2. The van der Waals surface area contributed by atoms with Gasteiger partial charge in [0.05, 0.1) is 23.2 Å². The molecule has 0 saturated carbocycles. The summed E-state index contributed by atoms with van der Waals surface area (Å²) in [6, 6.07) is 3.79. The van der Waals surface area contributed by atoms with Gasteiger partial charge in [0.15, 0.2) is 0 Å². The predicted octanol–water partition coefficient (Wildman–Crippen LogP) is 3.24. The molecule has 98 valence electrons. The van der Waals surface area contributed by atoms with Crippen molar-refractivity contribution in [2.24, 2.45) is 0 Å². The summed E-state index contributed by atoms with van der Waals surface area (Å²) in [5.74, 6) is 0.862. The largest absolute Gasteiger partial charge is 0.467 e. The van der Waals surface area contributed by atoms with Crippen LogP contribution in [0, 0.1) is 0 Å². The highest BCUT2D eigenvalue weighted by Gasteiger charge is 2.23. The minimum Gasteiger partial charge on any atom is -0.467 e. The van der Waals surface area contributed by atoms with E-state index >= 15 is 0 Å². The predicted molar refractivity (Wildman–Crippen MR) is 71.8 cm³/mol. The monoisotopic (exact) mass is 267 g/mol. The van der Waals surface area contributed by atoms with Crippen LogP contribution in [0.1, 0.15) is 37.8 Å². The Hall–Kier alpha value is -1.26. The average Bonchev–Trinajstić information content (AvgIpc) is 3.01. The highest BCUT2D eigenvalue weighted by atomic mass is 35.5. The number of nitrogens with one attached hydrogen (secondary N) is 1. The second-order valence-electron chi connectivity index (χ2n) is 4.10. The maximum Gasteiger partial charge on any atom is 0.126 e. The Bertz CT molecular complexity index is 478. The van der Waals surface area contributed by atoms with Crippen molar-refractivity contribution in [1.29, 1.82) is 0 Å². The standard InChI is InChI=1S/C13H18ClN3O/c1-3-7-15-12(11-6-5-8-18-11)13-10(14)9-16-17(13)4-2/h5-6,8-9,12,15H,3-4,7H2,1-2H3. The van der Waals surface area contributed by atoms with Crippen LogP contribution in [-0.2, 0) is 6.54 Å². The van der Waals surface area contributed by atoms with Gasteiger partial charge in [-0.3, -0.25) is 4.68 Å². The summed E-state index contributed by atoms with van der Waals surface area (Å²) in [7, 11) is 0. The summed E-state index contributed by atoms with van der Waals surface area (Å²) in [5.41, 5.74) is 0.961. The molecule has 1 N–H and O–H groups in total. The third-order valence-electron chi connectivity index (χ3n) is 2.83. The smallest absolute Gasteiger partial charge is 0.126 e. The van der Waals surface area contributed by atoms with Gasteiger partial charge in [-0.25, -0.2) is 0 Å². The first-order valence-electron chi connectivity index (χ1n) is 6.25. The van der Waals surface area contributed by atoms with Crippen LogP contribution >= 0.6 is 11.6 Å². The molecule has 0 fully saturated rings. The van der Waals surface area contributed by atoms with Crippen molar-refractivity contribution in [3.05, 3.63) is 41.1 Å². The van der Waals surface area contributed by atoms with E-state index in [4.69, 9.17) is 16.0 Å². The molecule has 4 nitrogen and oxygen atoms in total. The molecule has 0 bridgehead atoms. The van der Waals surface area contributed by atoms with E-state index in [0.717, 1.165) is 31.0 Å². The van der Waals surface area contributed by atoms with Crippen molar-refractivity contribution in [3.63, 3.8) is 0 Å². The number of aryl methyl sites for hydroxylation is 1. The lowest BCUT2D eigenvalue weighted by molar-refractivity contribution is 0.427. The lowest BCUT2D eigenvalue weighted by Crippen LogP contribution is -2.25. The molecule has 0 aromatic carbocycles. The van der Waals surface area contributed by atoms with Crippen molar-refractivity contribution in [3.8, 4) is 0 Å². The van der Waals surface area contributed by atoms with E-state index in [-0.39, 0.29) is 6.04 Å². The van der Waals surface area contributed by atoms with Crippen LogP contribution in [0.5, 0.6) is 0 Å². The van der Waals surface area contributed by atoms with Crippen LogP contribution in [0.15, 0.2) is 29.0 Å². The Balaban J connectivity index is 2.36. The first-order valence-corrected chi connectivity index (χ1v) is 6.63. The topological polar surface area (TPSA) is 43.0 Å². The van der Waals surface area contributed by atoms with Crippen LogP contribution in [0.25, 0.3) is 0 Å². The van der Waals surface area contributed by atoms with Crippen molar-refractivity contribution in [2.75, 3.05) is 6.54 Å². The van der Waals surface area contributed by atoms with E-state index in [1.54, 1.807) is 12.5 Å². The third-order valence-corrected chi connectivity index (χ3v) is 3.12. The first-order chi connectivity index (χ1) is 8.77. The summed E-state index contributed by atoms with van der Waals surface area (Å²) >= 11 is 6.25. The van der Waals surface area contributed by atoms with E-state index in [1.807, 2.05) is 23.7 Å². The molecule has 0 aliphatic heterocycles. The van der Waals surface area contributed by atoms with E-state index in [1.165, 1.54) is 0 Å². The third kappa shape index (κ3) is 2.60. The minimum absolute atomic E-state index is 0.0464. The Morgan fingerprint density at radius 2 is 2.33 bits per heavy atom. The molecule has 1 atom stereocenters. The maximum atomic E-state index is 6.25. The van der Waals surface area contributed by atoms with Crippen molar-refractivity contribution in [2.45, 2.75) is 32.9 Å². The molecule has 18 heavy (non-hydrogen) atoms. The van der Waals surface area contributed by atoms with E-state index < -0.39 is 0 Å². The Labute approximate surface area is 112 Å². The fourth-order valence-corrected chi connectivity index (χ4v) is 2.24. The molecule has 1 unspecified atom stereocenters. The molecule has 5 heteroatoms. The zero-order valence-electron chi connectivity index (χ0n) is 10.7. The normalized spacial score (nSPS) is 12.8. The molecule has 0 amide bonds. The number of hydrogen-bond acceptors (Lipinski definition) is 3. The number of rotatable bonds is 6. The molecule has 0 radical (unpaired) electrons. The van der Waals surface area contributed by atoms with Crippen LogP contribution in [0.2, 0.25) is 5.02 Å². The van der Waals surface area contributed by atoms with Gasteiger partial charge in [-0.1, -0.05) is 18.5 Å². The summed E-state index contributed by atoms with van der Waals surface area (Å²) in [4.78, 5) is 0. The van der Waals surface area contributed by atoms with Gasteiger partial charge in [0.25, 0.3) is 0 Å². The molecule has 0 aliphatic carbocycles. The SMILES string of the molecule is CCCNC(c1ccco1)c1c(Cl)cnn1CC. The van der Waals surface area contributed by atoms with E-state index in [2.05, 4.69) is 17.3 Å². The number of furan rings is 1. The van der Waals surface area contributed by atoms with Crippen molar-refractivity contribution < 1.29 is 4.42 Å². The van der Waals surface area contributed by atoms with Crippen LogP contribution in [0.3, 0.4) is 0 Å². The highest BCUT2D eigenvalue weighted by Crippen LogP contribution is 2.28. The van der Waals surface area contributed by atoms with Gasteiger partial charge in [0.1, 0.15) is 11.8 Å². The highest BCUT2D eigenvalue weighted by molar-refractivity contribution is 6.31. The summed E-state index contributed by atoms with van der Waals surface area (Å²) in [6.45, 7) is 5.86. The maximum absolute atomic E-state index is 6.25. The van der Waals surface area contributed by atoms with Crippen LogP contribution < -0.4 is 5.32 Å². The van der Waals surface area contributed by atoms with Gasteiger partial charge in [0, 0.05) is 6.54 Å². The van der Waals surface area contributed by atoms with Crippen LogP contribution in [0.4, 0.5) is 0 Å². The van der Waals surface area contributed by atoms with E-state index in [9.17, 15) is 0 Å². The van der Waals surface area contributed by atoms with Gasteiger partial charge >= 0.3 is 0 Å². The average molecular weight is 268 g/mol. The summed E-state index contributed by atoms with van der Waals surface area (Å²) in [5, 5.41) is 8.40. The Morgan fingerprint density at radius 1 is 1.50 bits per heavy atom. The van der Waals surface area contributed by atoms with Crippen molar-refractivity contribution in [1.82, 2.24) is 15.1 Å². The van der Waals surface area contributed by atoms with Crippen LogP contribution in [-0.4, -0.2) is 16.3 Å². The second-order valence-corrected chi connectivity index (χ2v) is 4.50.